The number of rotatable bonds is 1. The van der Waals surface area contributed by atoms with Crippen LogP contribution in [0.2, 0.25) is 0 Å². The van der Waals surface area contributed by atoms with Gasteiger partial charge in [-0.1, -0.05) is 78.9 Å². The molecule has 0 aliphatic heterocycles. The summed E-state index contributed by atoms with van der Waals surface area (Å²) < 4.78 is 0. The summed E-state index contributed by atoms with van der Waals surface area (Å²) in [5, 5.41) is 4.22. The van der Waals surface area contributed by atoms with Gasteiger partial charge in [0, 0.05) is 0 Å². The number of hydrogen-bond acceptors (Lipinski definition) is 0. The fraction of sp³-hybridized carbons (Fsp3) is 0. The second kappa shape index (κ2) is 4.69. The molecule has 1 heterocycles. The monoisotopic (exact) mass is 270 g/mol. The summed E-state index contributed by atoms with van der Waals surface area (Å²) in [4.78, 5) is 3.00. The Bertz CT molecular complexity index is 841. The average molecular weight is 270 g/mol. The van der Waals surface area contributed by atoms with Gasteiger partial charge in [0.05, 0.1) is 8.40 Å². The molecular formula is C19H14Si. The second-order valence-corrected chi connectivity index (χ2v) is 7.46. The van der Waals surface area contributed by atoms with E-state index in [1.807, 2.05) is 0 Å². The van der Waals surface area contributed by atoms with Crippen LogP contribution in [0.3, 0.4) is 0 Å². The van der Waals surface area contributed by atoms with Crippen LogP contribution in [-0.4, -0.2) is 8.40 Å². The topological polar surface area (TPSA) is 0 Å². The van der Waals surface area contributed by atoms with E-state index in [0.717, 1.165) is 0 Å². The van der Waals surface area contributed by atoms with Crippen molar-refractivity contribution in [2.45, 2.75) is 0 Å². The quantitative estimate of drug-likeness (QED) is 0.337. The van der Waals surface area contributed by atoms with E-state index in [4.69, 9.17) is 0 Å². The van der Waals surface area contributed by atoms with E-state index in [1.165, 1.54) is 26.0 Å². The molecule has 0 aliphatic rings. The van der Waals surface area contributed by atoms with Crippen LogP contribution in [0.25, 0.3) is 26.0 Å². The van der Waals surface area contributed by atoms with E-state index in [2.05, 4.69) is 84.9 Å². The summed E-state index contributed by atoms with van der Waals surface area (Å²) >= 11 is 0. The Labute approximate surface area is 119 Å². The molecule has 0 saturated carbocycles. The minimum absolute atomic E-state index is 0.870. The zero-order valence-electron chi connectivity index (χ0n) is 11.1. The van der Waals surface area contributed by atoms with E-state index in [1.54, 1.807) is 0 Å². The summed E-state index contributed by atoms with van der Waals surface area (Å²) in [5.41, 5.74) is 0. The smallest absolute Gasteiger partial charge is 0.0623 e. The lowest BCUT2D eigenvalue weighted by atomic mass is 10.2. The lowest BCUT2D eigenvalue weighted by Crippen LogP contribution is -2.00. The molecule has 0 bridgehead atoms. The minimum Gasteiger partial charge on any atom is -0.0623 e. The first-order chi connectivity index (χ1) is 9.93. The average Bonchev–Trinajstić information content (AvgIpc) is 2.53. The largest absolute Gasteiger partial charge is 0.0891 e. The highest BCUT2D eigenvalue weighted by Gasteiger charge is 2.09. The van der Waals surface area contributed by atoms with Gasteiger partial charge < -0.3 is 0 Å². The van der Waals surface area contributed by atoms with Crippen molar-refractivity contribution in [3.8, 4) is 5.19 Å². The minimum atomic E-state index is -0.870. The summed E-state index contributed by atoms with van der Waals surface area (Å²) in [6.45, 7) is 0. The van der Waals surface area contributed by atoms with Gasteiger partial charge in [0.1, 0.15) is 0 Å². The Balaban J connectivity index is 2.24. The SMILES string of the molecule is c1ccc(-[si]2c3ccccc3cc3ccccc32)cc1. The molecule has 0 nitrogen and oxygen atoms in total. The fourth-order valence-electron chi connectivity index (χ4n) is 2.93. The summed E-state index contributed by atoms with van der Waals surface area (Å²) in [6.07, 6.45) is 0. The van der Waals surface area contributed by atoms with Crippen LogP contribution in [0.5, 0.6) is 0 Å². The van der Waals surface area contributed by atoms with Gasteiger partial charge in [-0.2, -0.15) is 0 Å². The Morgan fingerprint density at radius 2 is 1.00 bits per heavy atom. The first-order valence-electron chi connectivity index (χ1n) is 6.89. The van der Waals surface area contributed by atoms with Gasteiger partial charge in [-0.25, -0.2) is 0 Å². The standard InChI is InChI=1S/C19H14Si/c1-2-10-17(11-3-1)20-18-12-6-4-8-15(18)14-16-9-5-7-13-19(16)20/h1-14H. The first-order valence-corrected chi connectivity index (χ1v) is 8.39. The Hall–Kier alpha value is -2.25. The van der Waals surface area contributed by atoms with E-state index >= 15 is 0 Å². The van der Waals surface area contributed by atoms with Crippen molar-refractivity contribution in [2.75, 3.05) is 0 Å². The highest BCUT2D eigenvalue weighted by molar-refractivity contribution is 6.84. The third kappa shape index (κ3) is 1.79. The molecular weight excluding hydrogens is 256 g/mol. The van der Waals surface area contributed by atoms with Crippen molar-refractivity contribution in [1.29, 1.82) is 0 Å². The van der Waals surface area contributed by atoms with Gasteiger partial charge in [-0.15, -0.1) is 0 Å². The molecule has 20 heavy (non-hydrogen) atoms. The zero-order chi connectivity index (χ0) is 13.4. The molecule has 0 atom stereocenters. The van der Waals surface area contributed by atoms with Crippen LogP contribution in [0.4, 0.5) is 0 Å². The van der Waals surface area contributed by atoms with Gasteiger partial charge >= 0.3 is 0 Å². The van der Waals surface area contributed by atoms with Crippen molar-refractivity contribution in [1.82, 2.24) is 0 Å². The molecule has 1 heteroatoms. The van der Waals surface area contributed by atoms with Gasteiger partial charge in [-0.05, 0) is 32.0 Å². The molecule has 94 valence electrons. The van der Waals surface area contributed by atoms with E-state index in [-0.39, 0.29) is 0 Å². The van der Waals surface area contributed by atoms with Crippen LogP contribution in [0.15, 0.2) is 84.9 Å². The van der Waals surface area contributed by atoms with Crippen LogP contribution < -0.4 is 0 Å². The summed E-state index contributed by atoms with van der Waals surface area (Å²) in [6, 6.07) is 30.9. The second-order valence-electron chi connectivity index (χ2n) is 5.06. The Morgan fingerprint density at radius 1 is 0.500 bits per heavy atom. The fourth-order valence-corrected chi connectivity index (χ4v) is 5.78. The molecule has 0 amide bonds. The van der Waals surface area contributed by atoms with E-state index in [0.29, 0.717) is 0 Å². The van der Waals surface area contributed by atoms with Crippen molar-refractivity contribution in [3.63, 3.8) is 0 Å². The molecule has 0 unspecified atom stereocenters. The predicted octanol–water partition coefficient (Wildman–Crippen LogP) is 5.01. The molecule has 0 radical (unpaired) electrons. The van der Waals surface area contributed by atoms with Crippen LogP contribution in [-0.2, 0) is 0 Å². The third-order valence-electron chi connectivity index (χ3n) is 3.83. The normalized spacial score (nSPS) is 11.0. The summed E-state index contributed by atoms with van der Waals surface area (Å²) in [7, 11) is -0.870. The van der Waals surface area contributed by atoms with E-state index < -0.39 is 8.40 Å². The van der Waals surface area contributed by atoms with Gasteiger partial charge in [0.15, 0.2) is 0 Å². The Morgan fingerprint density at radius 3 is 1.60 bits per heavy atom. The highest BCUT2D eigenvalue weighted by atomic mass is 28.2. The Kier molecular flexibility index (Phi) is 2.71. The number of hydrogen-bond donors (Lipinski definition) is 0. The highest BCUT2D eigenvalue weighted by Crippen LogP contribution is 2.25. The lowest BCUT2D eigenvalue weighted by molar-refractivity contribution is 1.74. The first kappa shape index (κ1) is 11.6. The van der Waals surface area contributed by atoms with Gasteiger partial charge in [0.25, 0.3) is 0 Å². The van der Waals surface area contributed by atoms with Gasteiger partial charge in [0.2, 0.25) is 0 Å². The van der Waals surface area contributed by atoms with Crippen LogP contribution in [0, 0.1) is 0 Å². The van der Waals surface area contributed by atoms with Crippen LogP contribution >= 0.6 is 0 Å². The molecule has 4 aromatic rings. The maximum Gasteiger partial charge on any atom is 0.0891 e. The molecule has 3 aromatic carbocycles. The lowest BCUT2D eigenvalue weighted by Gasteiger charge is -2.11. The molecule has 0 aliphatic carbocycles. The maximum atomic E-state index is 2.32. The van der Waals surface area contributed by atoms with Gasteiger partial charge in [-0.3, -0.25) is 0 Å². The molecule has 0 saturated heterocycles. The van der Waals surface area contributed by atoms with Crippen molar-refractivity contribution >= 4 is 29.2 Å². The van der Waals surface area contributed by atoms with Crippen molar-refractivity contribution < 1.29 is 0 Å². The van der Waals surface area contributed by atoms with Crippen LogP contribution in [0.1, 0.15) is 0 Å². The van der Waals surface area contributed by atoms with E-state index in [9.17, 15) is 0 Å². The molecule has 1 aromatic heterocycles. The summed E-state index contributed by atoms with van der Waals surface area (Å²) in [5.74, 6) is 0. The van der Waals surface area contributed by atoms with Crippen molar-refractivity contribution in [2.24, 2.45) is 0 Å². The maximum absolute atomic E-state index is 2.32. The predicted molar refractivity (Wildman–Crippen MR) is 88.7 cm³/mol. The van der Waals surface area contributed by atoms with Crippen molar-refractivity contribution in [3.05, 3.63) is 84.9 Å². The number of benzene rings is 3. The third-order valence-corrected chi connectivity index (χ3v) is 6.73. The molecule has 0 fully saturated rings. The molecule has 0 spiro atoms. The number of fused-ring (bicyclic) bond motifs is 2. The molecule has 0 N–H and O–H groups in total. The molecule has 4 rings (SSSR count). The zero-order valence-corrected chi connectivity index (χ0v) is 12.1.